The number of aromatic nitrogens is 2. The Morgan fingerprint density at radius 3 is 2.73 bits per heavy atom. The van der Waals surface area contributed by atoms with Gasteiger partial charge in [-0.05, 0) is 49.1 Å². The number of hydrogen-bond donors (Lipinski definition) is 2. The molecule has 2 atom stereocenters. The zero-order valence-corrected chi connectivity index (χ0v) is 16.7. The molecule has 0 aliphatic heterocycles. The molecule has 0 radical (unpaired) electrons. The van der Waals surface area contributed by atoms with E-state index < -0.39 is 11.6 Å². The van der Waals surface area contributed by atoms with Crippen LogP contribution in [0.5, 0.6) is 5.75 Å². The highest BCUT2D eigenvalue weighted by Crippen LogP contribution is 2.33. The van der Waals surface area contributed by atoms with Crippen molar-refractivity contribution in [3.63, 3.8) is 0 Å². The van der Waals surface area contributed by atoms with E-state index in [-0.39, 0.29) is 29.3 Å². The van der Waals surface area contributed by atoms with Gasteiger partial charge in [-0.2, -0.15) is 0 Å². The fourth-order valence-corrected chi connectivity index (χ4v) is 3.95. The highest BCUT2D eigenvalue weighted by molar-refractivity contribution is 5.85. The third kappa shape index (κ3) is 3.90. The van der Waals surface area contributed by atoms with Crippen molar-refractivity contribution in [3.8, 4) is 16.9 Å². The molecule has 2 aromatic carbocycles. The Morgan fingerprint density at radius 2 is 1.97 bits per heavy atom. The van der Waals surface area contributed by atoms with Crippen molar-refractivity contribution >= 4 is 22.8 Å². The molecule has 0 spiro atoms. The standard InChI is InChI=1S/C22H22F2N4O2/c1-12(29)26-17-4-3-5-18(17)28-22-25-11-14-10-13(6-8-16(14)27-22)20-15(23)7-9-19(30-2)21(20)24/h6-11,17-18H,3-5H2,1-2H3,(H,26,29)(H,25,27,28). The van der Waals surface area contributed by atoms with Gasteiger partial charge in [0, 0.05) is 30.6 Å². The number of carbonyl (C=O) groups excluding carboxylic acids is 1. The first kappa shape index (κ1) is 20.0. The van der Waals surface area contributed by atoms with Gasteiger partial charge in [-0.25, -0.2) is 18.7 Å². The summed E-state index contributed by atoms with van der Waals surface area (Å²) < 4.78 is 33.9. The van der Waals surface area contributed by atoms with Crippen molar-refractivity contribution in [1.29, 1.82) is 0 Å². The molecule has 2 unspecified atom stereocenters. The maximum Gasteiger partial charge on any atom is 0.223 e. The maximum atomic E-state index is 14.6. The van der Waals surface area contributed by atoms with Crippen molar-refractivity contribution < 1.29 is 18.3 Å². The number of nitrogens with zero attached hydrogens (tertiary/aromatic N) is 2. The highest BCUT2D eigenvalue weighted by atomic mass is 19.1. The van der Waals surface area contributed by atoms with E-state index in [0.717, 1.165) is 19.3 Å². The van der Waals surface area contributed by atoms with E-state index >= 15 is 0 Å². The van der Waals surface area contributed by atoms with E-state index in [1.54, 1.807) is 24.4 Å². The Balaban J connectivity index is 1.62. The predicted octanol–water partition coefficient (Wildman–Crippen LogP) is 4.05. The van der Waals surface area contributed by atoms with Crippen LogP contribution in [0.4, 0.5) is 14.7 Å². The van der Waals surface area contributed by atoms with Gasteiger partial charge >= 0.3 is 0 Å². The van der Waals surface area contributed by atoms with Gasteiger partial charge in [0.15, 0.2) is 11.6 Å². The van der Waals surface area contributed by atoms with Crippen molar-refractivity contribution in [1.82, 2.24) is 15.3 Å². The second-order valence-corrected chi connectivity index (χ2v) is 7.39. The average molecular weight is 412 g/mol. The largest absolute Gasteiger partial charge is 0.494 e. The molecule has 1 aliphatic rings. The topological polar surface area (TPSA) is 76.1 Å². The van der Waals surface area contributed by atoms with E-state index in [1.807, 2.05) is 0 Å². The smallest absolute Gasteiger partial charge is 0.223 e. The Labute approximate surface area is 172 Å². The number of fused-ring (bicyclic) bond motifs is 1. The van der Waals surface area contributed by atoms with E-state index in [2.05, 4.69) is 20.6 Å². The molecule has 4 rings (SSSR count). The van der Waals surface area contributed by atoms with Crippen LogP contribution in [-0.4, -0.2) is 35.1 Å². The minimum atomic E-state index is -0.749. The fraction of sp³-hybridized carbons (Fsp3) is 0.318. The highest BCUT2D eigenvalue weighted by Gasteiger charge is 2.28. The third-order valence-electron chi connectivity index (χ3n) is 5.36. The lowest BCUT2D eigenvalue weighted by Crippen LogP contribution is -2.42. The van der Waals surface area contributed by atoms with Crippen LogP contribution >= 0.6 is 0 Å². The molecule has 1 amide bonds. The number of benzene rings is 2. The normalized spacial score (nSPS) is 18.4. The van der Waals surface area contributed by atoms with Crippen LogP contribution in [0.2, 0.25) is 0 Å². The molecule has 1 aromatic heterocycles. The number of ether oxygens (including phenoxy) is 1. The lowest BCUT2D eigenvalue weighted by atomic mass is 10.0. The summed E-state index contributed by atoms with van der Waals surface area (Å²) in [4.78, 5) is 20.2. The zero-order chi connectivity index (χ0) is 21.3. The van der Waals surface area contributed by atoms with Crippen LogP contribution in [0.25, 0.3) is 22.0 Å². The summed E-state index contributed by atoms with van der Waals surface area (Å²) in [6.45, 7) is 1.51. The molecule has 30 heavy (non-hydrogen) atoms. The SMILES string of the molecule is COc1ccc(F)c(-c2ccc3nc(NC4CCCC4NC(C)=O)ncc3c2)c1F. The van der Waals surface area contributed by atoms with E-state index in [9.17, 15) is 13.6 Å². The summed E-state index contributed by atoms with van der Waals surface area (Å²) in [5.74, 6) is -1.04. The maximum absolute atomic E-state index is 14.6. The zero-order valence-electron chi connectivity index (χ0n) is 16.7. The summed E-state index contributed by atoms with van der Waals surface area (Å²) in [6, 6.07) is 7.51. The number of nitrogens with one attached hydrogen (secondary N) is 2. The predicted molar refractivity (Wildman–Crippen MR) is 110 cm³/mol. The van der Waals surface area contributed by atoms with Crippen LogP contribution in [0.15, 0.2) is 36.5 Å². The van der Waals surface area contributed by atoms with Gasteiger partial charge in [0.1, 0.15) is 5.82 Å². The van der Waals surface area contributed by atoms with Crippen LogP contribution in [0.1, 0.15) is 26.2 Å². The van der Waals surface area contributed by atoms with Gasteiger partial charge in [0.05, 0.1) is 18.2 Å². The second kappa shape index (κ2) is 8.22. The molecule has 0 bridgehead atoms. The lowest BCUT2D eigenvalue weighted by molar-refractivity contribution is -0.119. The van der Waals surface area contributed by atoms with Gasteiger partial charge in [0.25, 0.3) is 0 Å². The number of amides is 1. The summed E-state index contributed by atoms with van der Waals surface area (Å²) in [5.41, 5.74) is 0.874. The van der Waals surface area contributed by atoms with Crippen LogP contribution in [0.3, 0.4) is 0 Å². The number of halogens is 2. The first-order valence-electron chi connectivity index (χ1n) is 9.79. The van der Waals surface area contributed by atoms with E-state index in [0.29, 0.717) is 22.4 Å². The average Bonchev–Trinajstić information content (AvgIpc) is 3.14. The van der Waals surface area contributed by atoms with Crippen molar-refractivity contribution in [2.24, 2.45) is 0 Å². The lowest BCUT2D eigenvalue weighted by Gasteiger charge is -2.21. The van der Waals surface area contributed by atoms with Crippen molar-refractivity contribution in [2.45, 2.75) is 38.3 Å². The monoisotopic (exact) mass is 412 g/mol. The molecule has 2 N–H and O–H groups in total. The molecule has 1 aliphatic carbocycles. The minimum absolute atomic E-state index is 0.0208. The first-order valence-corrected chi connectivity index (χ1v) is 9.79. The molecule has 1 fully saturated rings. The van der Waals surface area contributed by atoms with Gasteiger partial charge in [-0.15, -0.1) is 0 Å². The molecule has 156 valence electrons. The molecule has 1 heterocycles. The molecular formula is C22H22F2N4O2. The molecule has 8 heteroatoms. The molecule has 0 saturated heterocycles. The Bertz CT molecular complexity index is 1110. The van der Waals surface area contributed by atoms with Gasteiger partial charge in [-0.1, -0.05) is 6.07 Å². The Kier molecular flexibility index (Phi) is 5.48. The van der Waals surface area contributed by atoms with Gasteiger partial charge in [0.2, 0.25) is 11.9 Å². The summed E-state index contributed by atoms with van der Waals surface area (Å²) in [5, 5.41) is 6.91. The fourth-order valence-electron chi connectivity index (χ4n) is 3.95. The van der Waals surface area contributed by atoms with Gasteiger partial charge < -0.3 is 15.4 Å². The number of carbonyl (C=O) groups is 1. The molecular weight excluding hydrogens is 390 g/mol. The Morgan fingerprint density at radius 1 is 1.17 bits per heavy atom. The summed E-state index contributed by atoms with van der Waals surface area (Å²) in [7, 11) is 1.34. The number of methoxy groups -OCH3 is 1. The van der Waals surface area contributed by atoms with Crippen LogP contribution in [0, 0.1) is 11.6 Å². The second-order valence-electron chi connectivity index (χ2n) is 7.39. The number of hydrogen-bond acceptors (Lipinski definition) is 5. The minimum Gasteiger partial charge on any atom is -0.494 e. The van der Waals surface area contributed by atoms with Crippen LogP contribution < -0.4 is 15.4 Å². The van der Waals surface area contributed by atoms with Gasteiger partial charge in [-0.3, -0.25) is 4.79 Å². The van der Waals surface area contributed by atoms with E-state index in [4.69, 9.17) is 4.74 Å². The molecule has 6 nitrogen and oxygen atoms in total. The van der Waals surface area contributed by atoms with E-state index in [1.165, 1.54) is 26.2 Å². The quantitative estimate of drug-likeness (QED) is 0.661. The number of anilines is 1. The van der Waals surface area contributed by atoms with Crippen molar-refractivity contribution in [3.05, 3.63) is 48.2 Å². The van der Waals surface area contributed by atoms with Crippen LogP contribution in [-0.2, 0) is 4.79 Å². The molecule has 3 aromatic rings. The summed E-state index contributed by atoms with van der Waals surface area (Å²) in [6.07, 6.45) is 4.45. The molecule has 1 saturated carbocycles. The number of rotatable bonds is 5. The first-order chi connectivity index (χ1) is 14.5. The van der Waals surface area contributed by atoms with Crippen molar-refractivity contribution in [2.75, 3.05) is 12.4 Å². The third-order valence-corrected chi connectivity index (χ3v) is 5.36. The summed E-state index contributed by atoms with van der Waals surface area (Å²) >= 11 is 0. The Hall–Kier alpha value is -3.29.